The zero-order valence-electron chi connectivity index (χ0n) is 10.1. The predicted octanol–water partition coefficient (Wildman–Crippen LogP) is 4.71. The zero-order valence-corrected chi connectivity index (χ0v) is 10.1. The number of ether oxygens (including phenoxy) is 1. The number of rotatable bonds is 4. The second-order valence-corrected chi connectivity index (χ2v) is 4.07. The summed E-state index contributed by atoms with van der Waals surface area (Å²) in [7, 11) is 0. The number of aryl methyl sites for hydroxylation is 1. The molecule has 18 heavy (non-hydrogen) atoms. The highest BCUT2D eigenvalue weighted by molar-refractivity contribution is 5.35. The SMILES string of the molecule is CCCc1ccc(F)c(Oc2ccc(F)cc2)c1. The van der Waals surface area contributed by atoms with Crippen LogP contribution in [0, 0.1) is 11.6 Å². The lowest BCUT2D eigenvalue weighted by Crippen LogP contribution is -1.91. The van der Waals surface area contributed by atoms with Crippen LogP contribution >= 0.6 is 0 Å². The van der Waals surface area contributed by atoms with E-state index in [1.165, 1.54) is 30.3 Å². The van der Waals surface area contributed by atoms with Crippen molar-refractivity contribution in [2.45, 2.75) is 19.8 Å². The Hall–Kier alpha value is -1.90. The molecule has 0 bridgehead atoms. The first kappa shape index (κ1) is 12.6. The standard InChI is InChI=1S/C15H14F2O/c1-2-3-11-4-9-14(17)15(10-11)18-13-7-5-12(16)6-8-13/h4-10H,2-3H2,1H3. The minimum absolute atomic E-state index is 0.174. The number of benzene rings is 2. The van der Waals surface area contributed by atoms with Crippen LogP contribution in [-0.2, 0) is 6.42 Å². The largest absolute Gasteiger partial charge is 0.454 e. The Kier molecular flexibility index (Phi) is 3.92. The molecule has 0 saturated heterocycles. The summed E-state index contributed by atoms with van der Waals surface area (Å²) < 4.78 is 31.7. The molecule has 0 atom stereocenters. The monoisotopic (exact) mass is 248 g/mol. The highest BCUT2D eigenvalue weighted by atomic mass is 19.1. The van der Waals surface area contributed by atoms with Crippen molar-refractivity contribution in [1.82, 2.24) is 0 Å². The molecule has 0 spiro atoms. The molecule has 0 aliphatic rings. The maximum absolute atomic E-state index is 13.6. The van der Waals surface area contributed by atoms with Crippen molar-refractivity contribution < 1.29 is 13.5 Å². The first-order valence-corrected chi connectivity index (χ1v) is 5.91. The molecule has 94 valence electrons. The molecule has 2 aromatic carbocycles. The Morgan fingerprint density at radius 1 is 1.00 bits per heavy atom. The molecule has 1 nitrogen and oxygen atoms in total. The Bertz CT molecular complexity index is 521. The van der Waals surface area contributed by atoms with E-state index in [-0.39, 0.29) is 11.6 Å². The van der Waals surface area contributed by atoms with Gasteiger partial charge in [0.15, 0.2) is 11.6 Å². The predicted molar refractivity (Wildman–Crippen MR) is 66.9 cm³/mol. The molecule has 0 saturated carbocycles. The fourth-order valence-electron chi connectivity index (χ4n) is 1.70. The fourth-order valence-corrected chi connectivity index (χ4v) is 1.70. The maximum Gasteiger partial charge on any atom is 0.165 e. The average Bonchev–Trinajstić information content (AvgIpc) is 2.36. The summed E-state index contributed by atoms with van der Waals surface area (Å²) in [6, 6.07) is 10.3. The summed E-state index contributed by atoms with van der Waals surface area (Å²) >= 11 is 0. The topological polar surface area (TPSA) is 9.23 Å². The van der Waals surface area contributed by atoms with Gasteiger partial charge in [0.2, 0.25) is 0 Å². The van der Waals surface area contributed by atoms with E-state index < -0.39 is 5.82 Å². The second-order valence-electron chi connectivity index (χ2n) is 4.07. The van der Waals surface area contributed by atoms with Crippen LogP contribution in [-0.4, -0.2) is 0 Å². The lowest BCUT2D eigenvalue weighted by atomic mass is 10.1. The molecular weight excluding hydrogens is 234 g/mol. The molecule has 0 heterocycles. The van der Waals surface area contributed by atoms with Gasteiger partial charge in [-0.15, -0.1) is 0 Å². The summed E-state index contributed by atoms with van der Waals surface area (Å²) in [5.74, 6) is -0.168. The van der Waals surface area contributed by atoms with Gasteiger partial charge in [0.1, 0.15) is 11.6 Å². The van der Waals surface area contributed by atoms with Crippen molar-refractivity contribution in [1.29, 1.82) is 0 Å². The van der Waals surface area contributed by atoms with Crippen molar-refractivity contribution in [3.05, 3.63) is 59.7 Å². The van der Waals surface area contributed by atoms with Gasteiger partial charge in [-0.3, -0.25) is 0 Å². The van der Waals surface area contributed by atoms with Gasteiger partial charge in [0.05, 0.1) is 0 Å². The van der Waals surface area contributed by atoms with E-state index in [9.17, 15) is 8.78 Å². The minimum Gasteiger partial charge on any atom is -0.454 e. The smallest absolute Gasteiger partial charge is 0.165 e. The van der Waals surface area contributed by atoms with Gasteiger partial charge in [-0.05, 0) is 48.4 Å². The number of hydrogen-bond donors (Lipinski definition) is 0. The van der Waals surface area contributed by atoms with Crippen LogP contribution in [0.3, 0.4) is 0 Å². The van der Waals surface area contributed by atoms with E-state index in [2.05, 4.69) is 6.92 Å². The van der Waals surface area contributed by atoms with Crippen LogP contribution in [0.1, 0.15) is 18.9 Å². The van der Waals surface area contributed by atoms with Gasteiger partial charge in [-0.1, -0.05) is 19.4 Å². The van der Waals surface area contributed by atoms with Crippen molar-refractivity contribution in [3.63, 3.8) is 0 Å². The van der Waals surface area contributed by atoms with E-state index in [4.69, 9.17) is 4.74 Å². The maximum atomic E-state index is 13.6. The van der Waals surface area contributed by atoms with Crippen LogP contribution < -0.4 is 4.74 Å². The van der Waals surface area contributed by atoms with Gasteiger partial charge in [-0.25, -0.2) is 8.78 Å². The van der Waals surface area contributed by atoms with Crippen LogP contribution in [0.4, 0.5) is 8.78 Å². The van der Waals surface area contributed by atoms with Gasteiger partial charge in [0.25, 0.3) is 0 Å². The third-order valence-corrected chi connectivity index (χ3v) is 2.58. The third-order valence-electron chi connectivity index (χ3n) is 2.58. The zero-order chi connectivity index (χ0) is 13.0. The average molecular weight is 248 g/mol. The Morgan fingerprint density at radius 3 is 2.39 bits per heavy atom. The van der Waals surface area contributed by atoms with Gasteiger partial charge >= 0.3 is 0 Å². The summed E-state index contributed by atoms with van der Waals surface area (Å²) in [5.41, 5.74) is 1.02. The summed E-state index contributed by atoms with van der Waals surface area (Å²) in [5, 5.41) is 0. The summed E-state index contributed by atoms with van der Waals surface area (Å²) in [6.07, 6.45) is 1.86. The van der Waals surface area contributed by atoms with Crippen molar-refractivity contribution in [2.24, 2.45) is 0 Å². The Balaban J connectivity index is 2.22. The van der Waals surface area contributed by atoms with Crippen LogP contribution in [0.25, 0.3) is 0 Å². The molecule has 0 amide bonds. The molecule has 0 unspecified atom stereocenters. The molecule has 0 fully saturated rings. The normalized spacial score (nSPS) is 10.4. The van der Waals surface area contributed by atoms with Gasteiger partial charge in [-0.2, -0.15) is 0 Å². The molecular formula is C15H14F2O. The lowest BCUT2D eigenvalue weighted by Gasteiger charge is -2.08. The molecule has 0 aromatic heterocycles. The van der Waals surface area contributed by atoms with Crippen molar-refractivity contribution in [2.75, 3.05) is 0 Å². The van der Waals surface area contributed by atoms with Crippen molar-refractivity contribution in [3.8, 4) is 11.5 Å². The van der Waals surface area contributed by atoms with Gasteiger partial charge < -0.3 is 4.74 Å². The van der Waals surface area contributed by atoms with E-state index >= 15 is 0 Å². The molecule has 0 radical (unpaired) electrons. The van der Waals surface area contributed by atoms with Crippen LogP contribution in [0.2, 0.25) is 0 Å². The molecule has 0 aliphatic carbocycles. The first-order chi connectivity index (χ1) is 8.69. The Morgan fingerprint density at radius 2 is 1.72 bits per heavy atom. The van der Waals surface area contributed by atoms with Crippen LogP contribution in [0.15, 0.2) is 42.5 Å². The molecule has 2 aromatic rings. The molecule has 3 heteroatoms. The third kappa shape index (κ3) is 3.06. The van der Waals surface area contributed by atoms with E-state index in [1.54, 1.807) is 12.1 Å². The summed E-state index contributed by atoms with van der Waals surface area (Å²) in [6.45, 7) is 2.06. The van der Waals surface area contributed by atoms with Crippen LogP contribution in [0.5, 0.6) is 11.5 Å². The van der Waals surface area contributed by atoms with E-state index in [0.29, 0.717) is 5.75 Å². The molecule has 0 N–H and O–H groups in total. The highest BCUT2D eigenvalue weighted by Gasteiger charge is 2.06. The van der Waals surface area contributed by atoms with E-state index in [1.807, 2.05) is 0 Å². The number of hydrogen-bond acceptors (Lipinski definition) is 1. The summed E-state index contributed by atoms with van der Waals surface area (Å²) in [4.78, 5) is 0. The molecule has 2 rings (SSSR count). The number of halogens is 2. The Labute approximate surface area is 105 Å². The fraction of sp³-hybridized carbons (Fsp3) is 0.200. The first-order valence-electron chi connectivity index (χ1n) is 5.91. The van der Waals surface area contributed by atoms with Crippen molar-refractivity contribution >= 4 is 0 Å². The van der Waals surface area contributed by atoms with Gasteiger partial charge in [0, 0.05) is 0 Å². The lowest BCUT2D eigenvalue weighted by molar-refractivity contribution is 0.440. The van der Waals surface area contributed by atoms with E-state index in [0.717, 1.165) is 18.4 Å². The molecule has 0 aliphatic heterocycles. The highest BCUT2D eigenvalue weighted by Crippen LogP contribution is 2.26. The quantitative estimate of drug-likeness (QED) is 0.761. The second kappa shape index (κ2) is 5.63. The minimum atomic E-state index is -0.417.